The number of nitrogens with zero attached hydrogens (tertiary/aromatic N) is 1. The highest BCUT2D eigenvalue weighted by Gasteiger charge is 2.33. The van der Waals surface area contributed by atoms with Crippen LogP contribution < -0.4 is 0 Å². The quantitative estimate of drug-likeness (QED) is 0.540. The van der Waals surface area contributed by atoms with Crippen molar-refractivity contribution in [1.29, 1.82) is 0 Å². The number of carbonyl (C=O) groups excluding carboxylic acids is 2. The van der Waals surface area contributed by atoms with Gasteiger partial charge in [-0.3, -0.25) is 9.59 Å². The first-order chi connectivity index (χ1) is 5.77. The van der Waals surface area contributed by atoms with Crippen LogP contribution in [0.15, 0.2) is 0 Å². The molecule has 0 N–H and O–H groups in total. The molecule has 1 amide bonds. The fourth-order valence-electron chi connectivity index (χ4n) is 2.15. The number of Topliss-reactive ketones (excluding diaryl/α,β-unsaturated/α-hetero) is 1. The van der Waals surface area contributed by atoms with Crippen LogP contribution >= 0.6 is 0 Å². The third-order valence-electron chi connectivity index (χ3n) is 2.78. The fourth-order valence-corrected chi connectivity index (χ4v) is 2.15. The largest absolute Gasteiger partial charge is 0.332 e. The van der Waals surface area contributed by atoms with Crippen molar-refractivity contribution < 1.29 is 9.59 Å². The van der Waals surface area contributed by atoms with Gasteiger partial charge in [0.1, 0.15) is 0 Å². The molecule has 2 aliphatic rings. The Morgan fingerprint density at radius 3 is 2.33 bits per heavy atom. The molecule has 0 spiro atoms. The van der Waals surface area contributed by atoms with Gasteiger partial charge in [-0.1, -0.05) is 12.8 Å². The molecule has 0 aromatic rings. The summed E-state index contributed by atoms with van der Waals surface area (Å²) in [5.41, 5.74) is 0. The minimum atomic E-state index is 0.0481. The second kappa shape index (κ2) is 2.88. The Bertz CT molecular complexity index is 219. The second-order valence-corrected chi connectivity index (χ2v) is 3.68. The molecule has 0 radical (unpaired) electrons. The Morgan fingerprint density at radius 1 is 1.17 bits per heavy atom. The van der Waals surface area contributed by atoms with Crippen molar-refractivity contribution in [1.82, 2.24) is 4.90 Å². The lowest BCUT2D eigenvalue weighted by atomic mass is 10.2. The van der Waals surface area contributed by atoms with Gasteiger partial charge in [0.15, 0.2) is 5.78 Å². The van der Waals surface area contributed by atoms with E-state index >= 15 is 0 Å². The Balaban J connectivity index is 2.03. The molecule has 0 aromatic heterocycles. The molecule has 0 unspecified atom stereocenters. The van der Waals surface area contributed by atoms with Gasteiger partial charge in [0, 0.05) is 6.04 Å². The third kappa shape index (κ3) is 1.24. The molecule has 66 valence electrons. The fraction of sp³-hybridized carbons (Fsp3) is 0.778. The molecule has 12 heavy (non-hydrogen) atoms. The lowest BCUT2D eigenvalue weighted by Crippen LogP contribution is -2.34. The smallest absolute Gasteiger partial charge is 0.230 e. The van der Waals surface area contributed by atoms with Crippen LogP contribution in [0.4, 0.5) is 0 Å². The summed E-state index contributed by atoms with van der Waals surface area (Å²) < 4.78 is 0. The lowest BCUT2D eigenvalue weighted by molar-refractivity contribution is -0.129. The zero-order valence-corrected chi connectivity index (χ0v) is 7.08. The first kappa shape index (κ1) is 7.77. The monoisotopic (exact) mass is 167 g/mol. The van der Waals surface area contributed by atoms with Crippen LogP contribution in [0, 0.1) is 0 Å². The topological polar surface area (TPSA) is 37.4 Å². The van der Waals surface area contributed by atoms with Crippen molar-refractivity contribution in [2.24, 2.45) is 0 Å². The van der Waals surface area contributed by atoms with Gasteiger partial charge >= 0.3 is 0 Å². The van der Waals surface area contributed by atoms with E-state index in [0.29, 0.717) is 12.6 Å². The first-order valence-electron chi connectivity index (χ1n) is 4.58. The van der Waals surface area contributed by atoms with Crippen LogP contribution in [0.2, 0.25) is 0 Å². The number of hydrogen-bond donors (Lipinski definition) is 0. The molecule has 0 atom stereocenters. The number of hydrogen-bond acceptors (Lipinski definition) is 2. The van der Waals surface area contributed by atoms with E-state index in [9.17, 15) is 9.59 Å². The highest BCUT2D eigenvalue weighted by molar-refractivity contribution is 6.05. The zero-order valence-electron chi connectivity index (χ0n) is 7.08. The van der Waals surface area contributed by atoms with E-state index in [4.69, 9.17) is 0 Å². The predicted molar refractivity (Wildman–Crippen MR) is 43.6 cm³/mol. The second-order valence-electron chi connectivity index (χ2n) is 3.68. The van der Waals surface area contributed by atoms with E-state index in [1.807, 2.05) is 0 Å². The minimum absolute atomic E-state index is 0.0481. The molecule has 1 aliphatic heterocycles. The summed E-state index contributed by atoms with van der Waals surface area (Å²) in [4.78, 5) is 24.0. The number of ketones is 1. The maximum Gasteiger partial charge on any atom is 0.230 e. The molecule has 3 heteroatoms. The van der Waals surface area contributed by atoms with Crippen molar-refractivity contribution in [3.05, 3.63) is 0 Å². The maximum atomic E-state index is 11.3. The van der Waals surface area contributed by atoms with Crippen molar-refractivity contribution in [3.63, 3.8) is 0 Å². The van der Waals surface area contributed by atoms with Crippen LogP contribution in [-0.4, -0.2) is 29.2 Å². The third-order valence-corrected chi connectivity index (χ3v) is 2.78. The molecular weight excluding hydrogens is 154 g/mol. The summed E-state index contributed by atoms with van der Waals surface area (Å²) in [6, 6.07) is 0.379. The summed E-state index contributed by atoms with van der Waals surface area (Å²) in [5, 5.41) is 0. The van der Waals surface area contributed by atoms with Crippen LogP contribution in [0.1, 0.15) is 32.1 Å². The molecule has 1 saturated carbocycles. The Kier molecular flexibility index (Phi) is 1.87. The standard InChI is InChI=1S/C9H13NO2/c11-8-5-9(12)10(6-8)7-3-1-2-4-7/h7H,1-6H2. The number of amides is 1. The first-order valence-corrected chi connectivity index (χ1v) is 4.58. The summed E-state index contributed by atoms with van der Waals surface area (Å²) in [7, 11) is 0. The number of rotatable bonds is 1. The number of carbonyl (C=O) groups is 2. The highest BCUT2D eigenvalue weighted by Crippen LogP contribution is 2.25. The minimum Gasteiger partial charge on any atom is -0.332 e. The van der Waals surface area contributed by atoms with Crippen molar-refractivity contribution >= 4 is 11.7 Å². The zero-order chi connectivity index (χ0) is 8.55. The normalized spacial score (nSPS) is 25.8. The molecule has 2 rings (SSSR count). The predicted octanol–water partition coefficient (Wildman–Crippen LogP) is 0.730. The van der Waals surface area contributed by atoms with Crippen LogP contribution in [0.5, 0.6) is 0 Å². The average Bonchev–Trinajstić information content (AvgIpc) is 2.58. The van der Waals surface area contributed by atoms with Crippen LogP contribution in [-0.2, 0) is 9.59 Å². The number of likely N-dealkylation sites (tertiary alicyclic amines) is 1. The van der Waals surface area contributed by atoms with Gasteiger partial charge in [-0.05, 0) is 12.8 Å². The van der Waals surface area contributed by atoms with E-state index in [1.54, 1.807) is 4.90 Å². The van der Waals surface area contributed by atoms with E-state index in [0.717, 1.165) is 12.8 Å². The highest BCUT2D eigenvalue weighted by atomic mass is 16.2. The molecule has 1 aliphatic carbocycles. The van der Waals surface area contributed by atoms with E-state index < -0.39 is 0 Å². The summed E-state index contributed by atoms with van der Waals surface area (Å²) in [6.07, 6.45) is 4.76. The summed E-state index contributed by atoms with van der Waals surface area (Å²) in [6.45, 7) is 0.378. The van der Waals surface area contributed by atoms with Gasteiger partial charge in [0.2, 0.25) is 5.91 Å². The molecule has 1 saturated heterocycles. The van der Waals surface area contributed by atoms with Crippen molar-refractivity contribution in [3.8, 4) is 0 Å². The van der Waals surface area contributed by atoms with E-state index in [1.165, 1.54) is 12.8 Å². The Hall–Kier alpha value is -0.860. The maximum absolute atomic E-state index is 11.3. The van der Waals surface area contributed by atoms with Gasteiger partial charge in [-0.25, -0.2) is 0 Å². The SMILES string of the molecule is O=C1CC(=O)N(C2CCCC2)C1. The molecule has 1 heterocycles. The Morgan fingerprint density at radius 2 is 1.83 bits per heavy atom. The molecule has 0 aromatic carbocycles. The van der Waals surface area contributed by atoms with Crippen LogP contribution in [0.3, 0.4) is 0 Å². The van der Waals surface area contributed by atoms with Crippen LogP contribution in [0.25, 0.3) is 0 Å². The van der Waals surface area contributed by atoms with Gasteiger partial charge in [-0.15, -0.1) is 0 Å². The average molecular weight is 167 g/mol. The van der Waals surface area contributed by atoms with Crippen molar-refractivity contribution in [2.75, 3.05) is 6.54 Å². The molecule has 0 bridgehead atoms. The van der Waals surface area contributed by atoms with Gasteiger partial charge in [0.05, 0.1) is 13.0 Å². The van der Waals surface area contributed by atoms with Gasteiger partial charge < -0.3 is 4.90 Å². The van der Waals surface area contributed by atoms with Gasteiger partial charge in [-0.2, -0.15) is 0 Å². The van der Waals surface area contributed by atoms with Gasteiger partial charge in [0.25, 0.3) is 0 Å². The lowest BCUT2D eigenvalue weighted by Gasteiger charge is -2.22. The summed E-state index contributed by atoms with van der Waals surface area (Å²) >= 11 is 0. The Labute approximate surface area is 71.7 Å². The van der Waals surface area contributed by atoms with Crippen molar-refractivity contribution in [2.45, 2.75) is 38.1 Å². The van der Waals surface area contributed by atoms with E-state index in [-0.39, 0.29) is 18.1 Å². The molecule has 2 fully saturated rings. The molecular formula is C9H13NO2. The molecule has 3 nitrogen and oxygen atoms in total. The summed E-state index contributed by atoms with van der Waals surface area (Å²) in [5.74, 6) is 0.138. The van der Waals surface area contributed by atoms with E-state index in [2.05, 4.69) is 0 Å².